The second kappa shape index (κ2) is 7.93. The number of thioether (sulfide) groups is 1. The van der Waals surface area contributed by atoms with E-state index < -0.39 is 0 Å². The number of aromatic nitrogens is 1. The van der Waals surface area contributed by atoms with Crippen LogP contribution in [0, 0.1) is 11.8 Å². The molecule has 0 spiro atoms. The molecular formula is C15H20N2O2S. The number of carbonyl (C=O) groups is 1. The van der Waals surface area contributed by atoms with Crippen LogP contribution >= 0.6 is 11.8 Å². The number of hydrogen-bond acceptors (Lipinski definition) is 4. The van der Waals surface area contributed by atoms with Crippen LogP contribution in [-0.4, -0.2) is 33.1 Å². The number of hydrogen-bond donors (Lipinski definition) is 2. The lowest BCUT2D eigenvalue weighted by atomic mass is 10.2. The third kappa shape index (κ3) is 7.17. The molecule has 0 unspecified atom stereocenters. The highest BCUT2D eigenvalue weighted by atomic mass is 32.2. The predicted octanol–water partition coefficient (Wildman–Crippen LogP) is 2.29. The van der Waals surface area contributed by atoms with Crippen LogP contribution in [0.5, 0.6) is 0 Å². The average molecular weight is 292 g/mol. The molecule has 4 nitrogen and oxygen atoms in total. The first-order chi connectivity index (χ1) is 9.40. The summed E-state index contributed by atoms with van der Waals surface area (Å²) in [6.45, 7) is 6.26. The normalized spacial score (nSPS) is 10.6. The smallest absolute Gasteiger partial charge is 0.235 e. The van der Waals surface area contributed by atoms with Crippen molar-refractivity contribution >= 4 is 23.5 Å². The van der Waals surface area contributed by atoms with Gasteiger partial charge in [0.25, 0.3) is 0 Å². The van der Waals surface area contributed by atoms with E-state index in [1.54, 1.807) is 30.1 Å². The Labute approximate surface area is 124 Å². The Balaban J connectivity index is 2.58. The summed E-state index contributed by atoms with van der Waals surface area (Å²) >= 11 is 1.59. The molecule has 20 heavy (non-hydrogen) atoms. The van der Waals surface area contributed by atoms with E-state index in [1.165, 1.54) is 0 Å². The average Bonchev–Trinajstić information content (AvgIpc) is 2.36. The summed E-state index contributed by atoms with van der Waals surface area (Å²) in [5, 5.41) is 11.4. The van der Waals surface area contributed by atoms with Crippen molar-refractivity contribution in [2.24, 2.45) is 0 Å². The molecule has 0 fully saturated rings. The largest absolute Gasteiger partial charge is 0.395 e. The number of carbonyl (C=O) groups excluding carboxylic acids is 1. The second-order valence-electron chi connectivity index (χ2n) is 5.15. The molecular weight excluding hydrogens is 272 g/mol. The fourth-order valence-electron chi connectivity index (χ4n) is 1.26. The number of rotatable bonds is 4. The highest BCUT2D eigenvalue weighted by Gasteiger charge is 2.13. The van der Waals surface area contributed by atoms with Gasteiger partial charge in [-0.2, -0.15) is 0 Å². The number of pyridine rings is 1. The molecule has 0 saturated carbocycles. The number of aliphatic hydroxyl groups excluding tert-OH is 1. The van der Waals surface area contributed by atoms with Crippen molar-refractivity contribution in [3.05, 3.63) is 23.9 Å². The standard InChI is InChI=1S/C15H20N2O2S/c1-15(2,3)20-11-14(19)17-13-10-12(7-8-16-13)6-4-5-9-18/h7-8,10,18H,5,9,11H2,1-3H3,(H,16,17,19). The van der Waals surface area contributed by atoms with E-state index in [9.17, 15) is 4.79 Å². The van der Waals surface area contributed by atoms with Crippen LogP contribution in [0.2, 0.25) is 0 Å². The van der Waals surface area contributed by atoms with Crippen LogP contribution in [-0.2, 0) is 4.79 Å². The molecule has 1 aromatic rings. The van der Waals surface area contributed by atoms with Gasteiger partial charge in [0.2, 0.25) is 5.91 Å². The Morgan fingerprint density at radius 2 is 2.25 bits per heavy atom. The molecule has 1 heterocycles. The predicted molar refractivity (Wildman–Crippen MR) is 83.7 cm³/mol. The van der Waals surface area contributed by atoms with Gasteiger partial charge in [0, 0.05) is 22.9 Å². The molecule has 2 N–H and O–H groups in total. The van der Waals surface area contributed by atoms with E-state index in [-0.39, 0.29) is 17.3 Å². The zero-order valence-electron chi connectivity index (χ0n) is 12.1. The number of nitrogens with zero attached hydrogens (tertiary/aromatic N) is 1. The summed E-state index contributed by atoms with van der Waals surface area (Å²) < 4.78 is 0.0579. The lowest BCUT2D eigenvalue weighted by Gasteiger charge is -2.16. The van der Waals surface area contributed by atoms with E-state index in [0.29, 0.717) is 18.0 Å². The molecule has 108 valence electrons. The molecule has 0 aromatic carbocycles. The SMILES string of the molecule is CC(C)(C)SCC(=O)Nc1cc(C#CCCO)ccn1. The Morgan fingerprint density at radius 1 is 1.50 bits per heavy atom. The monoisotopic (exact) mass is 292 g/mol. The van der Waals surface area contributed by atoms with Gasteiger partial charge in [-0.15, -0.1) is 11.8 Å². The summed E-state index contributed by atoms with van der Waals surface area (Å²) in [6, 6.07) is 3.49. The Bertz CT molecular complexity index is 513. The second-order valence-corrected chi connectivity index (χ2v) is 6.96. The maximum Gasteiger partial charge on any atom is 0.235 e. The Hall–Kier alpha value is -1.51. The zero-order valence-corrected chi connectivity index (χ0v) is 12.9. The highest BCUT2D eigenvalue weighted by Crippen LogP contribution is 2.22. The first-order valence-corrected chi connectivity index (χ1v) is 7.39. The van der Waals surface area contributed by atoms with Gasteiger partial charge in [-0.1, -0.05) is 32.6 Å². The van der Waals surface area contributed by atoms with E-state index in [4.69, 9.17) is 5.11 Å². The third-order valence-corrected chi connectivity index (χ3v) is 3.41. The first kappa shape index (κ1) is 16.5. The summed E-state index contributed by atoms with van der Waals surface area (Å²) in [7, 11) is 0. The molecule has 0 radical (unpaired) electrons. The lowest BCUT2D eigenvalue weighted by molar-refractivity contribution is -0.113. The van der Waals surface area contributed by atoms with Crippen molar-refractivity contribution in [3.63, 3.8) is 0 Å². The lowest BCUT2D eigenvalue weighted by Crippen LogP contribution is -2.19. The number of anilines is 1. The van der Waals surface area contributed by atoms with Crippen molar-refractivity contribution in [2.45, 2.75) is 31.9 Å². The minimum Gasteiger partial charge on any atom is -0.395 e. The summed E-state index contributed by atoms with van der Waals surface area (Å²) in [6.07, 6.45) is 2.04. The molecule has 0 aliphatic heterocycles. The molecule has 0 bridgehead atoms. The van der Waals surface area contributed by atoms with Crippen molar-refractivity contribution in [1.29, 1.82) is 0 Å². The maximum atomic E-state index is 11.8. The van der Waals surface area contributed by atoms with Crippen molar-refractivity contribution < 1.29 is 9.90 Å². The minimum absolute atomic E-state index is 0.0473. The van der Waals surface area contributed by atoms with Crippen molar-refractivity contribution in [1.82, 2.24) is 4.98 Å². The van der Waals surface area contributed by atoms with E-state index in [2.05, 4.69) is 42.9 Å². The van der Waals surface area contributed by atoms with Gasteiger partial charge in [0.15, 0.2) is 0 Å². The van der Waals surface area contributed by atoms with Crippen molar-refractivity contribution in [3.8, 4) is 11.8 Å². The molecule has 1 amide bonds. The maximum absolute atomic E-state index is 11.8. The fraction of sp³-hybridized carbons (Fsp3) is 0.467. The number of aliphatic hydroxyl groups is 1. The molecule has 1 rings (SSSR count). The summed E-state index contributed by atoms with van der Waals surface area (Å²) in [5.74, 6) is 6.56. The number of amides is 1. The minimum atomic E-state index is -0.0714. The van der Waals surface area contributed by atoms with Crippen LogP contribution in [0.3, 0.4) is 0 Å². The Morgan fingerprint density at radius 3 is 2.90 bits per heavy atom. The van der Waals surface area contributed by atoms with Crippen LogP contribution < -0.4 is 5.32 Å². The molecule has 1 aromatic heterocycles. The van der Waals surface area contributed by atoms with Gasteiger partial charge in [-0.05, 0) is 12.1 Å². The quantitative estimate of drug-likeness (QED) is 0.836. The van der Waals surface area contributed by atoms with E-state index >= 15 is 0 Å². The zero-order chi connectivity index (χ0) is 15.0. The van der Waals surface area contributed by atoms with Gasteiger partial charge >= 0.3 is 0 Å². The van der Waals surface area contributed by atoms with Gasteiger partial charge in [0.1, 0.15) is 5.82 Å². The molecule has 0 atom stereocenters. The summed E-state index contributed by atoms with van der Waals surface area (Å²) in [5.41, 5.74) is 0.771. The van der Waals surface area contributed by atoms with E-state index in [0.717, 1.165) is 5.56 Å². The highest BCUT2D eigenvalue weighted by molar-refractivity contribution is 8.01. The van der Waals surface area contributed by atoms with Gasteiger partial charge in [-0.25, -0.2) is 4.98 Å². The molecule has 0 aliphatic rings. The Kier molecular flexibility index (Phi) is 6.56. The topological polar surface area (TPSA) is 62.2 Å². The van der Waals surface area contributed by atoms with Gasteiger partial charge in [-0.3, -0.25) is 4.79 Å². The van der Waals surface area contributed by atoms with Crippen molar-refractivity contribution in [2.75, 3.05) is 17.7 Å². The van der Waals surface area contributed by atoms with Crippen LogP contribution in [0.1, 0.15) is 32.8 Å². The van der Waals surface area contributed by atoms with Crippen LogP contribution in [0.15, 0.2) is 18.3 Å². The van der Waals surface area contributed by atoms with Gasteiger partial charge in [0.05, 0.1) is 12.4 Å². The van der Waals surface area contributed by atoms with E-state index in [1.807, 2.05) is 0 Å². The molecule has 5 heteroatoms. The number of nitrogens with one attached hydrogen (secondary N) is 1. The third-order valence-electron chi connectivity index (χ3n) is 2.13. The summed E-state index contributed by atoms with van der Waals surface area (Å²) in [4.78, 5) is 15.9. The first-order valence-electron chi connectivity index (χ1n) is 6.40. The van der Waals surface area contributed by atoms with Crippen LogP contribution in [0.25, 0.3) is 0 Å². The van der Waals surface area contributed by atoms with Gasteiger partial charge < -0.3 is 10.4 Å². The molecule has 0 aliphatic carbocycles. The fourth-order valence-corrected chi connectivity index (χ4v) is 1.89. The molecule has 0 saturated heterocycles. The van der Waals surface area contributed by atoms with Crippen LogP contribution in [0.4, 0.5) is 5.82 Å².